The molecule has 1 aromatic carbocycles. The minimum Gasteiger partial charge on any atom is -0.384 e. The zero-order chi connectivity index (χ0) is 11.6. The van der Waals surface area contributed by atoms with Crippen LogP contribution in [0.3, 0.4) is 0 Å². The Kier molecular flexibility index (Phi) is 2.89. The van der Waals surface area contributed by atoms with Crippen LogP contribution in [0.5, 0.6) is 0 Å². The molecule has 0 saturated carbocycles. The second-order valence-electron chi connectivity index (χ2n) is 4.75. The molecule has 1 aromatic rings. The van der Waals surface area contributed by atoms with E-state index in [0.717, 1.165) is 19.5 Å². The Bertz CT molecular complexity index is 427. The SMILES string of the molecule is C#CC(C)(C)NCc1cccc2c1NCC2. The second kappa shape index (κ2) is 4.19. The zero-order valence-corrected chi connectivity index (χ0v) is 9.93. The van der Waals surface area contributed by atoms with Crippen molar-refractivity contribution in [3.8, 4) is 12.3 Å². The highest BCUT2D eigenvalue weighted by atomic mass is 15.0. The van der Waals surface area contributed by atoms with Crippen molar-refractivity contribution in [1.29, 1.82) is 0 Å². The van der Waals surface area contributed by atoms with Crippen LogP contribution in [0.4, 0.5) is 5.69 Å². The van der Waals surface area contributed by atoms with Gasteiger partial charge in [-0.25, -0.2) is 0 Å². The Labute approximate surface area is 97.4 Å². The fourth-order valence-corrected chi connectivity index (χ4v) is 1.93. The predicted octanol–water partition coefficient (Wildman–Crippen LogP) is 2.16. The molecule has 1 heterocycles. The summed E-state index contributed by atoms with van der Waals surface area (Å²) in [7, 11) is 0. The van der Waals surface area contributed by atoms with Gasteiger partial charge in [-0.2, -0.15) is 0 Å². The predicted molar refractivity (Wildman–Crippen MR) is 68.4 cm³/mol. The topological polar surface area (TPSA) is 24.1 Å². The summed E-state index contributed by atoms with van der Waals surface area (Å²) in [5.41, 5.74) is 3.76. The maximum Gasteiger partial charge on any atom is 0.0743 e. The quantitative estimate of drug-likeness (QED) is 0.753. The van der Waals surface area contributed by atoms with Gasteiger partial charge in [0.15, 0.2) is 0 Å². The Morgan fingerprint density at radius 3 is 3.06 bits per heavy atom. The van der Waals surface area contributed by atoms with Crippen LogP contribution in [0.25, 0.3) is 0 Å². The molecule has 0 fully saturated rings. The van der Waals surface area contributed by atoms with Crippen molar-refractivity contribution in [2.45, 2.75) is 32.4 Å². The zero-order valence-electron chi connectivity index (χ0n) is 9.93. The van der Waals surface area contributed by atoms with Gasteiger partial charge in [0.1, 0.15) is 0 Å². The Hall–Kier alpha value is -1.46. The van der Waals surface area contributed by atoms with E-state index in [1.54, 1.807) is 0 Å². The largest absolute Gasteiger partial charge is 0.384 e. The number of hydrogen-bond acceptors (Lipinski definition) is 2. The van der Waals surface area contributed by atoms with Crippen molar-refractivity contribution in [1.82, 2.24) is 5.32 Å². The van der Waals surface area contributed by atoms with Gasteiger partial charge < -0.3 is 5.32 Å². The average molecular weight is 214 g/mol. The average Bonchev–Trinajstić information content (AvgIpc) is 2.75. The minimum atomic E-state index is -0.249. The van der Waals surface area contributed by atoms with Crippen LogP contribution in [0, 0.1) is 12.3 Å². The third kappa shape index (κ3) is 2.20. The lowest BCUT2D eigenvalue weighted by Gasteiger charge is -2.20. The lowest BCUT2D eigenvalue weighted by Crippen LogP contribution is -2.37. The van der Waals surface area contributed by atoms with Gasteiger partial charge in [-0.05, 0) is 31.4 Å². The first-order chi connectivity index (χ1) is 7.62. The van der Waals surface area contributed by atoms with Crippen molar-refractivity contribution in [3.05, 3.63) is 29.3 Å². The number of benzene rings is 1. The molecule has 1 aliphatic rings. The summed E-state index contributed by atoms with van der Waals surface area (Å²) in [6.45, 7) is 5.89. The van der Waals surface area contributed by atoms with E-state index in [4.69, 9.17) is 6.42 Å². The first-order valence-corrected chi connectivity index (χ1v) is 5.70. The van der Waals surface area contributed by atoms with Crippen molar-refractivity contribution in [2.24, 2.45) is 0 Å². The molecule has 0 spiro atoms. The van der Waals surface area contributed by atoms with Crippen LogP contribution in [-0.4, -0.2) is 12.1 Å². The van der Waals surface area contributed by atoms with Crippen molar-refractivity contribution in [2.75, 3.05) is 11.9 Å². The van der Waals surface area contributed by atoms with E-state index in [0.29, 0.717) is 0 Å². The molecule has 16 heavy (non-hydrogen) atoms. The molecule has 84 valence electrons. The van der Waals surface area contributed by atoms with Crippen LogP contribution in [0.1, 0.15) is 25.0 Å². The summed E-state index contributed by atoms with van der Waals surface area (Å²) < 4.78 is 0. The summed E-state index contributed by atoms with van der Waals surface area (Å²) in [5, 5.41) is 6.81. The summed E-state index contributed by atoms with van der Waals surface area (Å²) in [6, 6.07) is 6.45. The smallest absolute Gasteiger partial charge is 0.0743 e. The number of anilines is 1. The number of rotatable bonds is 3. The third-order valence-corrected chi connectivity index (χ3v) is 3.01. The monoisotopic (exact) mass is 214 g/mol. The Morgan fingerprint density at radius 2 is 2.31 bits per heavy atom. The van der Waals surface area contributed by atoms with E-state index in [2.05, 4.69) is 34.8 Å². The van der Waals surface area contributed by atoms with Crippen LogP contribution < -0.4 is 10.6 Å². The second-order valence-corrected chi connectivity index (χ2v) is 4.75. The molecule has 0 radical (unpaired) electrons. The van der Waals surface area contributed by atoms with E-state index in [9.17, 15) is 0 Å². The van der Waals surface area contributed by atoms with E-state index >= 15 is 0 Å². The van der Waals surface area contributed by atoms with Gasteiger partial charge in [0.05, 0.1) is 5.54 Å². The molecular formula is C14H18N2. The van der Waals surface area contributed by atoms with Crippen LogP contribution in [-0.2, 0) is 13.0 Å². The van der Waals surface area contributed by atoms with Gasteiger partial charge >= 0.3 is 0 Å². The number of nitrogens with one attached hydrogen (secondary N) is 2. The van der Waals surface area contributed by atoms with E-state index in [-0.39, 0.29) is 5.54 Å². The minimum absolute atomic E-state index is 0.249. The molecule has 0 unspecified atom stereocenters. The molecule has 0 aromatic heterocycles. The third-order valence-electron chi connectivity index (χ3n) is 3.01. The highest BCUT2D eigenvalue weighted by Crippen LogP contribution is 2.26. The van der Waals surface area contributed by atoms with Gasteiger partial charge in [0.2, 0.25) is 0 Å². The Morgan fingerprint density at radius 1 is 1.50 bits per heavy atom. The van der Waals surface area contributed by atoms with Gasteiger partial charge in [0, 0.05) is 18.8 Å². The molecule has 0 saturated heterocycles. The molecule has 0 amide bonds. The fraction of sp³-hybridized carbons (Fsp3) is 0.429. The molecule has 0 atom stereocenters. The number of para-hydroxylation sites is 1. The number of fused-ring (bicyclic) bond motifs is 1. The van der Waals surface area contributed by atoms with Crippen LogP contribution in [0.2, 0.25) is 0 Å². The fourth-order valence-electron chi connectivity index (χ4n) is 1.93. The summed E-state index contributed by atoms with van der Waals surface area (Å²) in [5.74, 6) is 2.75. The molecule has 2 N–H and O–H groups in total. The molecule has 0 aliphatic carbocycles. The normalized spacial score (nSPS) is 14.1. The van der Waals surface area contributed by atoms with Crippen molar-refractivity contribution >= 4 is 5.69 Å². The van der Waals surface area contributed by atoms with Crippen LogP contribution in [0.15, 0.2) is 18.2 Å². The lowest BCUT2D eigenvalue weighted by atomic mass is 10.0. The number of hydrogen-bond donors (Lipinski definition) is 2. The standard InChI is InChI=1S/C14H18N2/c1-4-14(2,3)16-10-12-7-5-6-11-8-9-15-13(11)12/h1,5-7,15-16H,8-10H2,2-3H3. The van der Waals surface area contributed by atoms with E-state index in [1.165, 1.54) is 16.8 Å². The molecular weight excluding hydrogens is 196 g/mol. The van der Waals surface area contributed by atoms with Crippen molar-refractivity contribution < 1.29 is 0 Å². The molecule has 1 aliphatic heterocycles. The first kappa shape index (κ1) is 11.0. The van der Waals surface area contributed by atoms with Crippen LogP contribution >= 0.6 is 0 Å². The highest BCUT2D eigenvalue weighted by Gasteiger charge is 2.16. The lowest BCUT2D eigenvalue weighted by molar-refractivity contribution is 0.491. The van der Waals surface area contributed by atoms with Gasteiger partial charge in [-0.15, -0.1) is 6.42 Å². The molecule has 0 bridgehead atoms. The van der Waals surface area contributed by atoms with E-state index in [1.807, 2.05) is 13.8 Å². The molecule has 2 nitrogen and oxygen atoms in total. The van der Waals surface area contributed by atoms with Crippen molar-refractivity contribution in [3.63, 3.8) is 0 Å². The summed E-state index contributed by atoms with van der Waals surface area (Å²) in [4.78, 5) is 0. The first-order valence-electron chi connectivity index (χ1n) is 5.70. The number of terminal acetylenes is 1. The molecule has 2 rings (SSSR count). The maximum atomic E-state index is 5.46. The molecule has 2 heteroatoms. The maximum absolute atomic E-state index is 5.46. The van der Waals surface area contributed by atoms with E-state index < -0.39 is 0 Å². The highest BCUT2D eigenvalue weighted by molar-refractivity contribution is 5.61. The van der Waals surface area contributed by atoms with Gasteiger partial charge in [-0.1, -0.05) is 24.1 Å². The summed E-state index contributed by atoms with van der Waals surface area (Å²) >= 11 is 0. The summed E-state index contributed by atoms with van der Waals surface area (Å²) in [6.07, 6.45) is 6.58. The van der Waals surface area contributed by atoms with Gasteiger partial charge in [0.25, 0.3) is 0 Å². The Balaban J connectivity index is 2.12. The van der Waals surface area contributed by atoms with Gasteiger partial charge in [-0.3, -0.25) is 5.32 Å².